The molecule has 1 amide bonds. The Kier molecular flexibility index (Phi) is 7.21. The van der Waals surface area contributed by atoms with Crippen LogP contribution in [0, 0.1) is 5.92 Å². The molecule has 0 aromatic heterocycles. The van der Waals surface area contributed by atoms with Crippen LogP contribution in [0.15, 0.2) is 0 Å². The average molecular weight is 242 g/mol. The summed E-state index contributed by atoms with van der Waals surface area (Å²) in [5.41, 5.74) is 0. The number of hydrogen-bond donors (Lipinski definition) is 2. The van der Waals surface area contributed by atoms with Crippen LogP contribution in [0.1, 0.15) is 39.5 Å². The zero-order valence-corrected chi connectivity index (χ0v) is 11.1. The molecule has 0 bridgehead atoms. The maximum atomic E-state index is 11.6. The summed E-state index contributed by atoms with van der Waals surface area (Å²) in [5.74, 6) is 0.787. The Bertz CT molecular complexity index is 211. The van der Waals surface area contributed by atoms with Gasteiger partial charge in [-0.3, -0.25) is 4.79 Å². The van der Waals surface area contributed by atoms with Crippen molar-refractivity contribution in [2.45, 2.75) is 45.6 Å². The second-order valence-corrected chi connectivity index (χ2v) is 4.77. The van der Waals surface area contributed by atoms with Gasteiger partial charge < -0.3 is 15.4 Å². The zero-order chi connectivity index (χ0) is 12.5. The largest absolute Gasteiger partial charge is 0.381 e. The third-order valence-corrected chi connectivity index (χ3v) is 3.41. The van der Waals surface area contributed by atoms with Crippen LogP contribution in [0.4, 0.5) is 0 Å². The van der Waals surface area contributed by atoms with Gasteiger partial charge in [0.25, 0.3) is 0 Å². The fourth-order valence-corrected chi connectivity index (χ4v) is 2.11. The van der Waals surface area contributed by atoms with Crippen LogP contribution in [0.3, 0.4) is 0 Å². The number of nitrogens with one attached hydrogen (secondary N) is 2. The minimum absolute atomic E-state index is 0.116. The van der Waals surface area contributed by atoms with Gasteiger partial charge in [0.1, 0.15) is 0 Å². The van der Waals surface area contributed by atoms with Crippen molar-refractivity contribution in [1.82, 2.24) is 10.6 Å². The van der Waals surface area contributed by atoms with E-state index in [0.717, 1.165) is 45.4 Å². The number of rotatable bonds is 7. The highest BCUT2D eigenvalue weighted by atomic mass is 16.5. The van der Waals surface area contributed by atoms with Gasteiger partial charge in [-0.05, 0) is 38.1 Å². The molecular formula is C13H26N2O2. The summed E-state index contributed by atoms with van der Waals surface area (Å²) < 4.78 is 5.30. The lowest BCUT2D eigenvalue weighted by Gasteiger charge is -2.22. The summed E-state index contributed by atoms with van der Waals surface area (Å²) in [7, 11) is 0. The molecule has 0 aromatic rings. The molecule has 0 radical (unpaired) electrons. The SMILES string of the molecule is CCC(CC)NC(=O)CNCC1CCOCC1. The second kappa shape index (κ2) is 8.48. The van der Waals surface area contributed by atoms with E-state index in [0.29, 0.717) is 18.5 Å². The van der Waals surface area contributed by atoms with Crippen molar-refractivity contribution in [3.63, 3.8) is 0 Å². The maximum Gasteiger partial charge on any atom is 0.234 e. The Balaban J connectivity index is 2.06. The van der Waals surface area contributed by atoms with Crippen molar-refractivity contribution in [3.8, 4) is 0 Å². The van der Waals surface area contributed by atoms with Crippen LogP contribution in [0.2, 0.25) is 0 Å². The van der Waals surface area contributed by atoms with Gasteiger partial charge in [0.15, 0.2) is 0 Å². The summed E-state index contributed by atoms with van der Waals surface area (Å²) in [6.45, 7) is 7.31. The Morgan fingerprint density at radius 3 is 2.53 bits per heavy atom. The highest BCUT2D eigenvalue weighted by Crippen LogP contribution is 2.12. The maximum absolute atomic E-state index is 11.6. The summed E-state index contributed by atoms with van der Waals surface area (Å²) in [5, 5.41) is 6.27. The van der Waals surface area contributed by atoms with Gasteiger partial charge >= 0.3 is 0 Å². The Hall–Kier alpha value is -0.610. The Labute approximate surface area is 104 Å². The molecule has 0 aromatic carbocycles. The number of carbonyl (C=O) groups is 1. The van der Waals surface area contributed by atoms with Crippen molar-refractivity contribution >= 4 is 5.91 Å². The van der Waals surface area contributed by atoms with Crippen LogP contribution in [-0.2, 0) is 9.53 Å². The number of carbonyl (C=O) groups excluding carboxylic acids is 1. The molecule has 0 aliphatic carbocycles. The first-order valence-corrected chi connectivity index (χ1v) is 6.84. The standard InChI is InChI=1S/C13H26N2O2/c1-3-12(4-2)15-13(16)10-14-9-11-5-7-17-8-6-11/h11-12,14H,3-10H2,1-2H3,(H,15,16). The molecule has 1 fully saturated rings. The van der Waals surface area contributed by atoms with Gasteiger partial charge in [-0.15, -0.1) is 0 Å². The predicted molar refractivity (Wildman–Crippen MR) is 68.9 cm³/mol. The fourth-order valence-electron chi connectivity index (χ4n) is 2.11. The molecule has 4 heteroatoms. The monoisotopic (exact) mass is 242 g/mol. The predicted octanol–water partition coefficient (Wildman–Crippen LogP) is 1.31. The molecule has 1 aliphatic rings. The van der Waals surface area contributed by atoms with Crippen LogP contribution in [-0.4, -0.2) is 38.3 Å². The molecule has 4 nitrogen and oxygen atoms in total. The average Bonchev–Trinajstić information content (AvgIpc) is 2.37. The number of amides is 1. The minimum Gasteiger partial charge on any atom is -0.381 e. The van der Waals surface area contributed by atoms with Crippen LogP contribution < -0.4 is 10.6 Å². The van der Waals surface area contributed by atoms with Crippen molar-refractivity contribution in [2.24, 2.45) is 5.92 Å². The first-order valence-electron chi connectivity index (χ1n) is 6.84. The van der Waals surface area contributed by atoms with Crippen molar-refractivity contribution in [1.29, 1.82) is 0 Å². The smallest absolute Gasteiger partial charge is 0.234 e. The topological polar surface area (TPSA) is 50.4 Å². The van der Waals surface area contributed by atoms with E-state index >= 15 is 0 Å². The third kappa shape index (κ3) is 6.03. The van der Waals surface area contributed by atoms with E-state index in [2.05, 4.69) is 24.5 Å². The quantitative estimate of drug-likeness (QED) is 0.707. The lowest BCUT2D eigenvalue weighted by molar-refractivity contribution is -0.121. The van der Waals surface area contributed by atoms with Gasteiger partial charge in [-0.25, -0.2) is 0 Å². The van der Waals surface area contributed by atoms with E-state index in [1.54, 1.807) is 0 Å². The highest BCUT2D eigenvalue weighted by Gasteiger charge is 2.14. The molecule has 2 N–H and O–H groups in total. The normalized spacial score (nSPS) is 17.4. The van der Waals surface area contributed by atoms with Gasteiger partial charge in [-0.2, -0.15) is 0 Å². The van der Waals surface area contributed by atoms with Gasteiger partial charge in [-0.1, -0.05) is 13.8 Å². The van der Waals surface area contributed by atoms with E-state index in [1.165, 1.54) is 0 Å². The van der Waals surface area contributed by atoms with Crippen LogP contribution >= 0.6 is 0 Å². The molecular weight excluding hydrogens is 216 g/mol. The molecule has 0 atom stereocenters. The minimum atomic E-state index is 0.116. The molecule has 1 rings (SSSR count). The molecule has 100 valence electrons. The first kappa shape index (κ1) is 14.5. The van der Waals surface area contributed by atoms with E-state index < -0.39 is 0 Å². The third-order valence-electron chi connectivity index (χ3n) is 3.41. The molecule has 17 heavy (non-hydrogen) atoms. The Morgan fingerprint density at radius 1 is 1.29 bits per heavy atom. The van der Waals surface area contributed by atoms with Gasteiger partial charge in [0.2, 0.25) is 5.91 Å². The van der Waals surface area contributed by atoms with Crippen molar-refractivity contribution in [2.75, 3.05) is 26.3 Å². The molecule has 1 heterocycles. The second-order valence-electron chi connectivity index (χ2n) is 4.77. The summed E-state index contributed by atoms with van der Waals surface area (Å²) in [6.07, 6.45) is 4.23. The molecule has 0 saturated carbocycles. The van der Waals surface area contributed by atoms with Crippen LogP contribution in [0.5, 0.6) is 0 Å². The van der Waals surface area contributed by atoms with Gasteiger partial charge in [0, 0.05) is 19.3 Å². The number of ether oxygens (including phenoxy) is 1. The summed E-state index contributed by atoms with van der Waals surface area (Å²) in [6, 6.07) is 0.326. The van der Waals surface area contributed by atoms with Crippen molar-refractivity contribution < 1.29 is 9.53 Å². The first-order chi connectivity index (χ1) is 8.26. The van der Waals surface area contributed by atoms with Crippen LogP contribution in [0.25, 0.3) is 0 Å². The molecule has 0 unspecified atom stereocenters. The molecule has 1 aliphatic heterocycles. The van der Waals surface area contributed by atoms with E-state index in [1.807, 2.05) is 0 Å². The molecule has 0 spiro atoms. The lowest BCUT2D eigenvalue weighted by atomic mass is 10.0. The molecule has 1 saturated heterocycles. The summed E-state index contributed by atoms with van der Waals surface area (Å²) in [4.78, 5) is 11.6. The number of hydrogen-bond acceptors (Lipinski definition) is 3. The highest BCUT2D eigenvalue weighted by molar-refractivity contribution is 5.78. The fraction of sp³-hybridized carbons (Fsp3) is 0.923. The summed E-state index contributed by atoms with van der Waals surface area (Å²) >= 11 is 0. The Morgan fingerprint density at radius 2 is 1.94 bits per heavy atom. The van der Waals surface area contributed by atoms with Crippen molar-refractivity contribution in [3.05, 3.63) is 0 Å². The van der Waals surface area contributed by atoms with E-state index in [9.17, 15) is 4.79 Å². The lowest BCUT2D eigenvalue weighted by Crippen LogP contribution is -2.41. The van der Waals surface area contributed by atoms with Gasteiger partial charge in [0.05, 0.1) is 6.54 Å². The van der Waals surface area contributed by atoms with E-state index in [4.69, 9.17) is 4.74 Å². The zero-order valence-electron chi connectivity index (χ0n) is 11.1. The van der Waals surface area contributed by atoms with E-state index in [-0.39, 0.29) is 5.91 Å².